The van der Waals surface area contributed by atoms with E-state index in [0.717, 1.165) is 19.3 Å². The molecule has 168 valence electrons. The van der Waals surface area contributed by atoms with Crippen molar-refractivity contribution in [3.63, 3.8) is 0 Å². The maximum atomic E-state index is 12.5. The second-order valence-corrected chi connectivity index (χ2v) is 10.6. The molecular formula is C21H40N4O4. The van der Waals surface area contributed by atoms with Gasteiger partial charge in [-0.3, -0.25) is 0 Å². The van der Waals surface area contributed by atoms with Crippen LogP contribution in [0.25, 0.3) is 0 Å². The van der Waals surface area contributed by atoms with E-state index in [-0.39, 0.29) is 36.1 Å². The maximum Gasteiger partial charge on any atom is 0.410 e. The minimum atomic E-state index is -0.534. The number of nitrogens with zero attached hydrogens (tertiary/aromatic N) is 2. The van der Waals surface area contributed by atoms with Crippen molar-refractivity contribution >= 4 is 12.2 Å². The molecule has 4 atom stereocenters. The van der Waals surface area contributed by atoms with Gasteiger partial charge in [-0.25, -0.2) is 9.59 Å². The number of hydrogen-bond acceptors (Lipinski definition) is 6. The van der Waals surface area contributed by atoms with Crippen LogP contribution in [-0.4, -0.2) is 71.5 Å². The summed E-state index contributed by atoms with van der Waals surface area (Å²) in [7, 11) is 0. The van der Waals surface area contributed by atoms with Gasteiger partial charge in [0, 0.05) is 38.3 Å². The van der Waals surface area contributed by atoms with Gasteiger partial charge in [-0.2, -0.15) is 0 Å². The SMILES string of the molecule is CC(C)(C)OC(=O)N1CC(C[C@H]2CN(C(=O)OC(C)(C)C)CC[C@H]2N)C[C@@H](N)C1. The van der Waals surface area contributed by atoms with Crippen LogP contribution in [0.4, 0.5) is 9.59 Å². The average Bonchev–Trinajstić information content (AvgIpc) is 2.53. The van der Waals surface area contributed by atoms with E-state index in [4.69, 9.17) is 20.9 Å². The van der Waals surface area contributed by atoms with Gasteiger partial charge in [-0.15, -0.1) is 0 Å². The van der Waals surface area contributed by atoms with E-state index in [0.29, 0.717) is 26.2 Å². The van der Waals surface area contributed by atoms with Gasteiger partial charge in [-0.05, 0) is 72.6 Å². The molecule has 0 aromatic heterocycles. The Labute approximate surface area is 175 Å². The van der Waals surface area contributed by atoms with Crippen LogP contribution in [0.2, 0.25) is 0 Å². The van der Waals surface area contributed by atoms with Crippen LogP contribution in [-0.2, 0) is 9.47 Å². The third-order valence-corrected chi connectivity index (χ3v) is 5.30. The summed E-state index contributed by atoms with van der Waals surface area (Å²) < 4.78 is 11.0. The van der Waals surface area contributed by atoms with Crippen LogP contribution in [0, 0.1) is 11.8 Å². The predicted octanol–water partition coefficient (Wildman–Crippen LogP) is 2.55. The monoisotopic (exact) mass is 412 g/mol. The average molecular weight is 413 g/mol. The highest BCUT2D eigenvalue weighted by atomic mass is 16.6. The summed E-state index contributed by atoms with van der Waals surface area (Å²) in [5.74, 6) is 0.396. The van der Waals surface area contributed by atoms with Gasteiger partial charge in [0.1, 0.15) is 11.2 Å². The molecule has 29 heavy (non-hydrogen) atoms. The topological polar surface area (TPSA) is 111 Å². The van der Waals surface area contributed by atoms with Gasteiger partial charge < -0.3 is 30.7 Å². The summed E-state index contributed by atoms with van der Waals surface area (Å²) in [5, 5.41) is 0. The molecule has 1 unspecified atom stereocenters. The molecular weight excluding hydrogens is 372 g/mol. The fraction of sp³-hybridized carbons (Fsp3) is 0.905. The fourth-order valence-corrected chi connectivity index (χ4v) is 4.11. The van der Waals surface area contributed by atoms with Crippen LogP contribution in [0.3, 0.4) is 0 Å². The van der Waals surface area contributed by atoms with Crippen molar-refractivity contribution in [1.29, 1.82) is 0 Å². The smallest absolute Gasteiger partial charge is 0.410 e. The molecule has 8 nitrogen and oxygen atoms in total. The normalized spacial score (nSPS) is 28.8. The molecule has 0 bridgehead atoms. The first kappa shape index (κ1) is 23.7. The van der Waals surface area contributed by atoms with Crippen molar-refractivity contribution < 1.29 is 19.1 Å². The Balaban J connectivity index is 1.97. The number of amides is 2. The molecule has 0 aromatic rings. The number of rotatable bonds is 2. The molecule has 0 aliphatic carbocycles. The molecule has 0 radical (unpaired) electrons. The molecule has 8 heteroatoms. The number of piperidine rings is 2. The van der Waals surface area contributed by atoms with E-state index in [1.165, 1.54) is 0 Å². The van der Waals surface area contributed by atoms with Crippen LogP contribution in [0.15, 0.2) is 0 Å². The van der Waals surface area contributed by atoms with Gasteiger partial charge in [0.25, 0.3) is 0 Å². The quantitative estimate of drug-likeness (QED) is 0.721. The predicted molar refractivity (Wildman–Crippen MR) is 112 cm³/mol. The number of carbonyl (C=O) groups is 2. The maximum absolute atomic E-state index is 12.5. The van der Waals surface area contributed by atoms with Crippen LogP contribution in [0.1, 0.15) is 60.8 Å². The van der Waals surface area contributed by atoms with E-state index < -0.39 is 11.2 Å². The van der Waals surface area contributed by atoms with Crippen molar-refractivity contribution in [2.45, 2.75) is 84.1 Å². The molecule has 2 rings (SSSR count). The first-order valence-corrected chi connectivity index (χ1v) is 10.7. The minimum Gasteiger partial charge on any atom is -0.444 e. The van der Waals surface area contributed by atoms with Crippen molar-refractivity contribution in [3.8, 4) is 0 Å². The van der Waals surface area contributed by atoms with Crippen molar-refractivity contribution in [3.05, 3.63) is 0 Å². The molecule has 0 saturated carbocycles. The number of likely N-dealkylation sites (tertiary alicyclic amines) is 2. The van der Waals surface area contributed by atoms with Gasteiger partial charge in [0.15, 0.2) is 0 Å². The van der Waals surface area contributed by atoms with Crippen molar-refractivity contribution in [1.82, 2.24) is 9.80 Å². The lowest BCUT2D eigenvalue weighted by atomic mass is 9.81. The Morgan fingerprint density at radius 1 is 0.897 bits per heavy atom. The lowest BCUT2D eigenvalue weighted by Crippen LogP contribution is -2.54. The molecule has 2 aliphatic rings. The first-order chi connectivity index (χ1) is 13.2. The summed E-state index contributed by atoms with van der Waals surface area (Å²) in [6.07, 6.45) is 1.81. The highest BCUT2D eigenvalue weighted by Crippen LogP contribution is 2.29. The van der Waals surface area contributed by atoms with Crippen molar-refractivity contribution in [2.75, 3.05) is 26.2 Å². The standard InChI is InChI=1S/C21H40N4O4/c1-20(2,3)28-18(26)24-8-7-17(23)15(12-24)9-14-10-16(22)13-25(11-14)19(27)29-21(4,5)6/h14-17H,7-13,22-23H2,1-6H3/t14?,15-,16+,17+/m0/s1. The molecule has 2 fully saturated rings. The summed E-state index contributed by atoms with van der Waals surface area (Å²) in [6.45, 7) is 13.5. The molecule has 0 aromatic carbocycles. The van der Waals surface area contributed by atoms with Crippen molar-refractivity contribution in [2.24, 2.45) is 23.3 Å². The Kier molecular flexibility index (Phi) is 7.43. The Morgan fingerprint density at radius 2 is 1.45 bits per heavy atom. The zero-order valence-corrected chi connectivity index (χ0v) is 18.9. The van der Waals surface area contributed by atoms with E-state index in [9.17, 15) is 9.59 Å². The highest BCUT2D eigenvalue weighted by molar-refractivity contribution is 5.68. The minimum absolute atomic E-state index is 0.0295. The van der Waals surface area contributed by atoms with Crippen LogP contribution < -0.4 is 11.5 Å². The summed E-state index contributed by atoms with van der Waals surface area (Å²) >= 11 is 0. The Hall–Kier alpha value is -1.54. The van der Waals surface area contributed by atoms with E-state index in [1.807, 2.05) is 41.5 Å². The molecule has 4 N–H and O–H groups in total. The van der Waals surface area contributed by atoms with Crippen LogP contribution in [0.5, 0.6) is 0 Å². The zero-order chi connectivity index (χ0) is 22.0. The third-order valence-electron chi connectivity index (χ3n) is 5.30. The van der Waals surface area contributed by atoms with Gasteiger partial charge in [0.2, 0.25) is 0 Å². The zero-order valence-electron chi connectivity index (χ0n) is 18.9. The van der Waals surface area contributed by atoms with Gasteiger partial charge in [0.05, 0.1) is 0 Å². The summed E-state index contributed by atoms with van der Waals surface area (Å²) in [6, 6.07) is -0.0511. The van der Waals surface area contributed by atoms with Gasteiger partial charge >= 0.3 is 12.2 Å². The number of ether oxygens (including phenoxy) is 2. The highest BCUT2D eigenvalue weighted by Gasteiger charge is 2.36. The Morgan fingerprint density at radius 3 is 2.00 bits per heavy atom. The number of nitrogens with two attached hydrogens (primary N) is 2. The second-order valence-electron chi connectivity index (χ2n) is 10.6. The molecule has 2 heterocycles. The lowest BCUT2D eigenvalue weighted by Gasteiger charge is -2.42. The number of hydrogen-bond donors (Lipinski definition) is 2. The molecule has 2 aliphatic heterocycles. The largest absolute Gasteiger partial charge is 0.444 e. The van der Waals surface area contributed by atoms with Crippen LogP contribution >= 0.6 is 0 Å². The van der Waals surface area contributed by atoms with Gasteiger partial charge in [-0.1, -0.05) is 0 Å². The lowest BCUT2D eigenvalue weighted by molar-refractivity contribution is 0.00670. The second kappa shape index (κ2) is 9.08. The van der Waals surface area contributed by atoms with E-state index >= 15 is 0 Å². The molecule has 0 spiro atoms. The first-order valence-electron chi connectivity index (χ1n) is 10.7. The van der Waals surface area contributed by atoms with E-state index in [1.54, 1.807) is 9.80 Å². The Bertz CT molecular complexity index is 584. The number of carbonyl (C=O) groups excluding carboxylic acids is 2. The molecule has 2 amide bonds. The summed E-state index contributed by atoms with van der Waals surface area (Å²) in [4.78, 5) is 28.4. The molecule has 2 saturated heterocycles. The summed E-state index contributed by atoms with van der Waals surface area (Å²) in [5.41, 5.74) is 11.6. The van der Waals surface area contributed by atoms with E-state index in [2.05, 4.69) is 0 Å². The third kappa shape index (κ3) is 7.66. The fourth-order valence-electron chi connectivity index (χ4n) is 4.11.